The largest absolute Gasteiger partial charge is 0.744 e. The first-order valence-corrected chi connectivity index (χ1v) is 12.3. The Bertz CT molecular complexity index is 1310. The Morgan fingerprint density at radius 1 is 1.12 bits per heavy atom. The molecule has 0 amide bonds. The van der Waals surface area contributed by atoms with E-state index in [1.54, 1.807) is 62.5 Å². The number of benzene rings is 2. The lowest BCUT2D eigenvalue weighted by molar-refractivity contribution is -0.639. The fourth-order valence-corrected chi connectivity index (χ4v) is 5.05. The first kappa shape index (κ1) is 27.8. The van der Waals surface area contributed by atoms with Gasteiger partial charge in [-0.05, 0) is 62.6 Å². The minimum Gasteiger partial charge on any atom is -0.744 e. The molecule has 182 valence electrons. The number of ketones is 1. The molecule has 0 spiro atoms. The Balaban J connectivity index is 0.000000270. The topological polar surface area (TPSA) is 124 Å². The molecule has 0 aliphatic rings. The van der Waals surface area contributed by atoms with E-state index in [4.69, 9.17) is 29.0 Å². The highest BCUT2D eigenvalue weighted by atomic mass is 35.5. The molecule has 34 heavy (non-hydrogen) atoms. The molecule has 3 rings (SSSR count). The van der Waals surface area contributed by atoms with E-state index in [1.807, 2.05) is 6.92 Å². The van der Waals surface area contributed by atoms with Crippen LogP contribution < -0.4 is 10.5 Å². The van der Waals surface area contributed by atoms with E-state index in [9.17, 15) is 22.9 Å². The highest BCUT2D eigenvalue weighted by molar-refractivity contribution is 7.85. The van der Waals surface area contributed by atoms with Crippen molar-refractivity contribution in [1.82, 2.24) is 0 Å². The maximum atomic E-state index is 12.0. The van der Waals surface area contributed by atoms with Crippen LogP contribution in [-0.2, 0) is 26.9 Å². The molecule has 1 heterocycles. The van der Waals surface area contributed by atoms with Gasteiger partial charge in [0.2, 0.25) is 6.20 Å². The smallest absolute Gasteiger partial charge is 0.205 e. The number of aromatic nitrogens is 1. The quantitative estimate of drug-likeness (QED) is 0.298. The zero-order valence-corrected chi connectivity index (χ0v) is 21.5. The number of nitrogens with two attached hydrogens (primary N) is 1. The minimum absolute atomic E-state index is 0.0440. The number of nitrogen functional groups attached to an aromatic ring is 1. The third-order valence-electron chi connectivity index (χ3n) is 5.20. The lowest BCUT2D eigenvalue weighted by atomic mass is 9.85. The van der Waals surface area contributed by atoms with Crippen molar-refractivity contribution < 1.29 is 27.5 Å². The first-order valence-electron chi connectivity index (χ1n) is 10.1. The summed E-state index contributed by atoms with van der Waals surface area (Å²) >= 11 is 12.0. The molecular formula is C24H26Cl2N2O5S. The Labute approximate surface area is 209 Å². The molecule has 1 atom stereocenters. The van der Waals surface area contributed by atoms with Crippen molar-refractivity contribution in [3.63, 3.8) is 0 Å². The van der Waals surface area contributed by atoms with E-state index in [-0.39, 0.29) is 17.1 Å². The molecule has 0 saturated heterocycles. The van der Waals surface area contributed by atoms with Gasteiger partial charge in [-0.25, -0.2) is 14.3 Å². The number of aliphatic hydroxyl groups is 1. The number of hydrogen-bond donors (Lipinski definition) is 2. The number of nitrogens with zero attached hydrogens (tertiary/aromatic N) is 1. The molecule has 0 bridgehead atoms. The van der Waals surface area contributed by atoms with Crippen LogP contribution >= 0.6 is 23.2 Å². The number of hydrogen-bond acceptors (Lipinski definition) is 6. The van der Waals surface area contributed by atoms with E-state index < -0.39 is 15.7 Å². The van der Waals surface area contributed by atoms with Crippen LogP contribution in [-0.4, -0.2) is 23.9 Å². The summed E-state index contributed by atoms with van der Waals surface area (Å²) in [5.74, 6) is 5.26. The number of halogens is 2. The van der Waals surface area contributed by atoms with E-state index in [2.05, 4.69) is 0 Å². The zero-order valence-electron chi connectivity index (χ0n) is 19.2. The van der Waals surface area contributed by atoms with Gasteiger partial charge in [-0.3, -0.25) is 4.79 Å². The van der Waals surface area contributed by atoms with Gasteiger partial charge >= 0.3 is 0 Å². The SMILES string of the molecule is CC(=O)C(O)(Cc1ccc(Cl)cc1Cl)c1ccc[n+](N)c1.Cc1cc(C)c(S(=O)(=O)[O-])c(C)c1. The summed E-state index contributed by atoms with van der Waals surface area (Å²) in [6, 6.07) is 11.6. The van der Waals surface area contributed by atoms with Crippen LogP contribution in [0, 0.1) is 20.8 Å². The second-order valence-corrected chi connectivity index (χ2v) is 10.2. The summed E-state index contributed by atoms with van der Waals surface area (Å²) < 4.78 is 33.8. The van der Waals surface area contributed by atoms with Crippen molar-refractivity contribution in [3.05, 3.63) is 92.7 Å². The summed E-state index contributed by atoms with van der Waals surface area (Å²) in [6.45, 7) is 6.45. The lowest BCUT2D eigenvalue weighted by Crippen LogP contribution is -2.46. The van der Waals surface area contributed by atoms with Crippen molar-refractivity contribution in [1.29, 1.82) is 0 Å². The minimum atomic E-state index is -4.33. The highest BCUT2D eigenvalue weighted by Crippen LogP contribution is 2.30. The second-order valence-electron chi connectivity index (χ2n) is 8.05. The lowest BCUT2D eigenvalue weighted by Gasteiger charge is -2.25. The molecule has 0 radical (unpaired) electrons. The Kier molecular flexibility index (Phi) is 8.85. The Morgan fingerprint density at radius 3 is 2.18 bits per heavy atom. The fraction of sp³-hybridized carbons (Fsp3) is 0.250. The third kappa shape index (κ3) is 6.77. The van der Waals surface area contributed by atoms with E-state index in [1.165, 1.54) is 17.8 Å². The van der Waals surface area contributed by atoms with Gasteiger partial charge in [-0.15, -0.1) is 0 Å². The van der Waals surface area contributed by atoms with E-state index >= 15 is 0 Å². The second kappa shape index (κ2) is 10.8. The Morgan fingerprint density at radius 2 is 1.71 bits per heavy atom. The van der Waals surface area contributed by atoms with Crippen LogP contribution in [0.4, 0.5) is 0 Å². The van der Waals surface area contributed by atoms with Gasteiger partial charge in [0.05, 0.1) is 10.5 Å². The number of carbonyl (C=O) groups excluding carboxylic acids is 1. The van der Waals surface area contributed by atoms with Crippen molar-refractivity contribution in [2.45, 2.75) is 44.6 Å². The summed E-state index contributed by atoms with van der Waals surface area (Å²) in [5.41, 5.74) is 1.35. The number of carbonyl (C=O) groups is 1. The molecule has 1 unspecified atom stereocenters. The van der Waals surface area contributed by atoms with Crippen molar-refractivity contribution in [3.8, 4) is 0 Å². The van der Waals surface area contributed by atoms with Gasteiger partial charge < -0.3 is 9.66 Å². The molecule has 3 aromatic rings. The van der Waals surface area contributed by atoms with Crippen LogP contribution in [0.5, 0.6) is 0 Å². The molecule has 0 aliphatic heterocycles. The first-order chi connectivity index (χ1) is 15.6. The van der Waals surface area contributed by atoms with Crippen LogP contribution in [0.3, 0.4) is 0 Å². The standard InChI is InChI=1S/C15H15Cl2N2O2.C9H12O3S/c1-10(20)15(21,12-3-2-6-19(18)9-12)8-11-4-5-13(16)7-14(11)17;1-6-4-7(2)9(8(3)5-6)13(10,11)12/h2-7,9,21H,8,18H2,1H3;4-5H,1-3H3,(H,10,11,12)/q+1;/p-1. The van der Waals surface area contributed by atoms with Crippen LogP contribution in [0.1, 0.15) is 34.7 Å². The molecule has 0 aliphatic carbocycles. The number of pyridine rings is 1. The van der Waals surface area contributed by atoms with Crippen LogP contribution in [0.25, 0.3) is 0 Å². The maximum absolute atomic E-state index is 12.0. The number of aryl methyl sites for hydroxylation is 3. The van der Waals surface area contributed by atoms with Gasteiger partial charge in [0.25, 0.3) is 0 Å². The molecule has 0 saturated carbocycles. The van der Waals surface area contributed by atoms with Crippen molar-refractivity contribution in [2.75, 3.05) is 5.84 Å². The summed E-state index contributed by atoms with van der Waals surface area (Å²) in [4.78, 5) is 11.9. The van der Waals surface area contributed by atoms with Gasteiger partial charge in [-0.1, -0.05) is 51.6 Å². The molecule has 2 aromatic carbocycles. The fourth-order valence-electron chi connectivity index (χ4n) is 3.67. The van der Waals surface area contributed by atoms with Gasteiger partial charge in [-0.2, -0.15) is 0 Å². The molecule has 0 fully saturated rings. The maximum Gasteiger partial charge on any atom is 0.205 e. The normalized spacial score (nSPS) is 12.9. The van der Waals surface area contributed by atoms with E-state index in [0.717, 1.165) is 5.56 Å². The number of rotatable bonds is 5. The summed E-state index contributed by atoms with van der Waals surface area (Å²) in [5, 5.41) is 11.7. The molecule has 3 N–H and O–H groups in total. The molecule has 7 nitrogen and oxygen atoms in total. The van der Waals surface area contributed by atoms with Gasteiger partial charge in [0, 0.05) is 22.5 Å². The predicted octanol–water partition coefficient (Wildman–Crippen LogP) is 3.53. The highest BCUT2D eigenvalue weighted by Gasteiger charge is 2.37. The van der Waals surface area contributed by atoms with Crippen molar-refractivity contribution >= 4 is 39.1 Å². The monoisotopic (exact) mass is 524 g/mol. The molecular weight excluding hydrogens is 499 g/mol. The summed E-state index contributed by atoms with van der Waals surface area (Å²) in [7, 11) is -4.33. The molecule has 10 heteroatoms. The average molecular weight is 525 g/mol. The van der Waals surface area contributed by atoms with Crippen LogP contribution in [0.2, 0.25) is 10.0 Å². The zero-order chi connectivity index (χ0) is 25.8. The van der Waals surface area contributed by atoms with Crippen molar-refractivity contribution in [2.24, 2.45) is 0 Å². The third-order valence-corrected chi connectivity index (χ3v) is 6.93. The molecule has 1 aromatic heterocycles. The predicted molar refractivity (Wildman–Crippen MR) is 130 cm³/mol. The van der Waals surface area contributed by atoms with Gasteiger partial charge in [0.15, 0.2) is 17.6 Å². The summed E-state index contributed by atoms with van der Waals surface area (Å²) in [6.07, 6.45) is 3.16. The van der Waals surface area contributed by atoms with Gasteiger partial charge in [0.1, 0.15) is 10.1 Å². The average Bonchev–Trinajstić information content (AvgIpc) is 2.68. The van der Waals surface area contributed by atoms with Crippen LogP contribution in [0.15, 0.2) is 59.8 Å². The Hall–Kier alpha value is -2.49. The van der Waals surface area contributed by atoms with E-state index in [0.29, 0.717) is 32.3 Å². The number of Topliss-reactive ketones (excluding diaryl/α,β-unsaturated/α-hetero) is 1.